The second-order valence-corrected chi connectivity index (χ2v) is 8.19. The molecule has 1 aromatic carbocycles. The highest BCUT2D eigenvalue weighted by molar-refractivity contribution is 9.25. The fourth-order valence-electron chi connectivity index (χ4n) is 1.57. The van der Waals surface area contributed by atoms with Crippen molar-refractivity contribution in [3.63, 3.8) is 0 Å². The van der Waals surface area contributed by atoms with Crippen LogP contribution in [0.25, 0.3) is 0 Å². The maximum Gasteiger partial charge on any atom is 0.0888 e. The fraction of sp³-hybridized carbons (Fsp3) is 0.500. The van der Waals surface area contributed by atoms with E-state index in [1.54, 1.807) is 0 Å². The van der Waals surface area contributed by atoms with Gasteiger partial charge in [-0.25, -0.2) is 0 Å². The first-order valence-electron chi connectivity index (χ1n) is 5.03. The topological polar surface area (TPSA) is 9.23 Å². The van der Waals surface area contributed by atoms with Gasteiger partial charge in [-0.05, 0) is 12.0 Å². The molecule has 1 saturated carbocycles. The van der Waals surface area contributed by atoms with Crippen LogP contribution in [0.1, 0.15) is 18.9 Å². The Kier molecular flexibility index (Phi) is 3.25. The number of ether oxygens (including phenoxy) is 1. The second-order valence-electron chi connectivity index (χ2n) is 4.42. The average molecular weight is 334 g/mol. The van der Waals surface area contributed by atoms with Crippen LogP contribution in [-0.2, 0) is 11.3 Å². The normalized spacial score (nSPS) is 27.7. The highest BCUT2D eigenvalue weighted by Crippen LogP contribution is 2.66. The molecule has 0 spiro atoms. The quantitative estimate of drug-likeness (QED) is 0.754. The standard InChI is InChI=1S/C12H14Br2O/c1-11(8-12(11,13)14)9-15-7-10-5-3-2-4-6-10/h2-6H,7-9H2,1H3/t11-/m1/s1. The Balaban J connectivity index is 1.77. The van der Waals surface area contributed by atoms with Crippen molar-refractivity contribution in [1.82, 2.24) is 0 Å². The zero-order chi connectivity index (χ0) is 10.9. The highest BCUT2D eigenvalue weighted by Gasteiger charge is 2.61. The van der Waals surface area contributed by atoms with Crippen molar-refractivity contribution in [2.45, 2.75) is 23.2 Å². The largest absolute Gasteiger partial charge is 0.376 e. The zero-order valence-corrected chi connectivity index (χ0v) is 11.8. The van der Waals surface area contributed by atoms with Gasteiger partial charge in [0.25, 0.3) is 0 Å². The van der Waals surface area contributed by atoms with Gasteiger partial charge in [0.15, 0.2) is 0 Å². The Hall–Kier alpha value is 0.140. The Bertz CT molecular complexity index is 337. The molecule has 0 saturated heterocycles. The fourth-order valence-corrected chi connectivity index (χ4v) is 3.04. The van der Waals surface area contributed by atoms with E-state index >= 15 is 0 Å². The Morgan fingerprint density at radius 2 is 1.87 bits per heavy atom. The molecule has 0 aromatic heterocycles. The maximum atomic E-state index is 5.72. The lowest BCUT2D eigenvalue weighted by atomic mass is 10.2. The predicted molar refractivity (Wildman–Crippen MR) is 69.4 cm³/mol. The van der Waals surface area contributed by atoms with Crippen molar-refractivity contribution >= 4 is 31.9 Å². The number of hydrogen-bond acceptors (Lipinski definition) is 1. The van der Waals surface area contributed by atoms with Crippen LogP contribution in [-0.4, -0.2) is 9.84 Å². The molecule has 1 aliphatic rings. The molecule has 1 aromatic rings. The first-order chi connectivity index (χ1) is 7.04. The van der Waals surface area contributed by atoms with E-state index < -0.39 is 0 Å². The maximum absolute atomic E-state index is 5.72. The summed E-state index contributed by atoms with van der Waals surface area (Å²) in [5, 5.41) is 0. The summed E-state index contributed by atoms with van der Waals surface area (Å²) in [6, 6.07) is 10.3. The molecule has 1 fully saturated rings. The number of rotatable bonds is 4. The third kappa shape index (κ3) is 2.63. The monoisotopic (exact) mass is 332 g/mol. The van der Waals surface area contributed by atoms with Gasteiger partial charge in [0.05, 0.1) is 16.4 Å². The van der Waals surface area contributed by atoms with E-state index in [2.05, 4.69) is 50.9 Å². The number of benzene rings is 1. The van der Waals surface area contributed by atoms with Crippen LogP contribution in [0.3, 0.4) is 0 Å². The summed E-state index contributed by atoms with van der Waals surface area (Å²) in [6.07, 6.45) is 1.12. The third-order valence-corrected chi connectivity index (χ3v) is 5.38. The smallest absolute Gasteiger partial charge is 0.0888 e. The van der Waals surface area contributed by atoms with Crippen molar-refractivity contribution in [2.75, 3.05) is 6.61 Å². The first-order valence-corrected chi connectivity index (χ1v) is 6.62. The molecule has 0 unspecified atom stereocenters. The van der Waals surface area contributed by atoms with Gasteiger partial charge in [-0.2, -0.15) is 0 Å². The van der Waals surface area contributed by atoms with Crippen LogP contribution in [0.2, 0.25) is 0 Å². The highest BCUT2D eigenvalue weighted by atomic mass is 79.9. The molecule has 0 bridgehead atoms. The Labute approximate surface area is 107 Å². The van der Waals surface area contributed by atoms with Gasteiger partial charge >= 0.3 is 0 Å². The van der Waals surface area contributed by atoms with E-state index in [1.165, 1.54) is 5.56 Å². The molecule has 0 amide bonds. The number of hydrogen-bond donors (Lipinski definition) is 0. The van der Waals surface area contributed by atoms with Gasteiger partial charge in [0.2, 0.25) is 0 Å². The third-order valence-electron chi connectivity index (χ3n) is 2.90. The molecule has 3 heteroatoms. The van der Waals surface area contributed by atoms with Crippen LogP contribution in [0.4, 0.5) is 0 Å². The van der Waals surface area contributed by atoms with Crippen LogP contribution in [0.15, 0.2) is 30.3 Å². The van der Waals surface area contributed by atoms with Crippen LogP contribution >= 0.6 is 31.9 Å². The minimum Gasteiger partial charge on any atom is -0.376 e. The van der Waals surface area contributed by atoms with E-state index in [1.807, 2.05) is 18.2 Å². The van der Waals surface area contributed by atoms with Gasteiger partial charge in [-0.15, -0.1) is 0 Å². The summed E-state index contributed by atoms with van der Waals surface area (Å²) >= 11 is 7.26. The minimum absolute atomic E-state index is 0.101. The predicted octanol–water partition coefficient (Wildman–Crippen LogP) is 4.10. The molecule has 0 heterocycles. The van der Waals surface area contributed by atoms with Gasteiger partial charge in [-0.1, -0.05) is 69.1 Å². The molecular weight excluding hydrogens is 320 g/mol. The SMILES string of the molecule is C[C@]1(COCc2ccccc2)CC1(Br)Br. The first kappa shape index (κ1) is 11.6. The summed E-state index contributed by atoms with van der Waals surface area (Å²) in [7, 11) is 0. The molecule has 1 aliphatic carbocycles. The van der Waals surface area contributed by atoms with Crippen molar-refractivity contribution in [3.05, 3.63) is 35.9 Å². The zero-order valence-electron chi connectivity index (χ0n) is 8.67. The summed E-state index contributed by atoms with van der Waals surface area (Å²) in [4.78, 5) is 0. The molecule has 0 N–H and O–H groups in total. The number of halogens is 2. The molecule has 1 nitrogen and oxygen atoms in total. The molecule has 0 radical (unpaired) electrons. The molecule has 1 atom stereocenters. The van der Waals surface area contributed by atoms with Crippen LogP contribution in [0.5, 0.6) is 0 Å². The van der Waals surface area contributed by atoms with Gasteiger partial charge in [0.1, 0.15) is 0 Å². The summed E-state index contributed by atoms with van der Waals surface area (Å²) in [5.74, 6) is 0. The molecule has 0 aliphatic heterocycles. The Morgan fingerprint density at radius 3 is 2.40 bits per heavy atom. The van der Waals surface area contributed by atoms with Crippen molar-refractivity contribution in [2.24, 2.45) is 5.41 Å². The van der Waals surface area contributed by atoms with E-state index in [0.29, 0.717) is 6.61 Å². The van der Waals surface area contributed by atoms with Crippen LogP contribution in [0, 0.1) is 5.41 Å². The van der Waals surface area contributed by atoms with Crippen LogP contribution < -0.4 is 0 Å². The summed E-state index contributed by atoms with van der Waals surface area (Å²) in [6.45, 7) is 3.71. The number of alkyl halides is 2. The van der Waals surface area contributed by atoms with E-state index in [4.69, 9.17) is 4.74 Å². The molecule has 2 rings (SSSR count). The Morgan fingerprint density at radius 1 is 1.27 bits per heavy atom. The molecule has 82 valence electrons. The lowest BCUT2D eigenvalue weighted by Crippen LogP contribution is -2.12. The summed E-state index contributed by atoms with van der Waals surface area (Å²) < 4.78 is 5.82. The van der Waals surface area contributed by atoms with Crippen molar-refractivity contribution in [3.8, 4) is 0 Å². The van der Waals surface area contributed by atoms with E-state index in [-0.39, 0.29) is 8.65 Å². The lowest BCUT2D eigenvalue weighted by molar-refractivity contribution is 0.0842. The second kappa shape index (κ2) is 4.19. The van der Waals surface area contributed by atoms with Gasteiger partial charge in [-0.3, -0.25) is 0 Å². The van der Waals surface area contributed by atoms with E-state index in [0.717, 1.165) is 13.0 Å². The van der Waals surface area contributed by atoms with Gasteiger partial charge < -0.3 is 4.74 Å². The van der Waals surface area contributed by atoms with E-state index in [9.17, 15) is 0 Å². The molecular formula is C12H14Br2O. The molecule has 15 heavy (non-hydrogen) atoms. The average Bonchev–Trinajstić information content (AvgIpc) is 2.67. The van der Waals surface area contributed by atoms with Crippen molar-refractivity contribution < 1.29 is 4.74 Å². The lowest BCUT2D eigenvalue weighted by Gasteiger charge is -2.12. The van der Waals surface area contributed by atoms with Gasteiger partial charge in [0, 0.05) is 5.41 Å². The van der Waals surface area contributed by atoms with Crippen molar-refractivity contribution in [1.29, 1.82) is 0 Å². The minimum atomic E-state index is 0.101. The summed E-state index contributed by atoms with van der Waals surface area (Å²) in [5.41, 5.74) is 1.47.